The Morgan fingerprint density at radius 1 is 1.47 bits per heavy atom. The highest BCUT2D eigenvalue weighted by Gasteiger charge is 2.23. The Morgan fingerprint density at radius 3 is 3.12 bits per heavy atom. The molecule has 2 aromatic heterocycles. The molecule has 3 heterocycles. The van der Waals surface area contributed by atoms with Gasteiger partial charge in [-0.25, -0.2) is 4.98 Å². The maximum Gasteiger partial charge on any atom is 0.157 e. The number of aryl methyl sites for hydroxylation is 1. The maximum atomic E-state index is 5.74. The van der Waals surface area contributed by atoms with Crippen LogP contribution in [0.5, 0.6) is 0 Å². The van der Waals surface area contributed by atoms with Gasteiger partial charge in [-0.05, 0) is 43.5 Å². The number of pyridine rings is 1. The van der Waals surface area contributed by atoms with E-state index in [9.17, 15) is 0 Å². The maximum absolute atomic E-state index is 5.74. The Hall–Kier alpha value is -1.62. The van der Waals surface area contributed by atoms with E-state index in [-0.39, 0.29) is 0 Å². The molecule has 17 heavy (non-hydrogen) atoms. The summed E-state index contributed by atoms with van der Waals surface area (Å²) in [5.74, 6) is 1.74. The van der Waals surface area contributed by atoms with E-state index in [2.05, 4.69) is 28.0 Å². The SMILES string of the molecule is Cc1cc(N2CCC(CN)C2)n2ncnc2c1. The van der Waals surface area contributed by atoms with Crippen molar-refractivity contribution < 1.29 is 0 Å². The van der Waals surface area contributed by atoms with Gasteiger partial charge in [0.15, 0.2) is 5.65 Å². The second-order valence-electron chi connectivity index (χ2n) is 4.76. The standard InChI is InChI=1S/C12H17N5/c1-9-4-11-14-8-15-17(11)12(5-9)16-3-2-10(6-13)7-16/h4-5,8,10H,2-3,6-7,13H2,1H3. The van der Waals surface area contributed by atoms with E-state index in [1.807, 2.05) is 10.6 Å². The van der Waals surface area contributed by atoms with Crippen LogP contribution in [0.25, 0.3) is 5.65 Å². The molecule has 3 rings (SSSR count). The van der Waals surface area contributed by atoms with Crippen LogP contribution in [0.15, 0.2) is 18.5 Å². The number of nitrogens with zero attached hydrogens (tertiary/aromatic N) is 4. The first-order valence-corrected chi connectivity index (χ1v) is 6.03. The van der Waals surface area contributed by atoms with Crippen molar-refractivity contribution in [3.63, 3.8) is 0 Å². The average Bonchev–Trinajstić information content (AvgIpc) is 2.95. The van der Waals surface area contributed by atoms with Gasteiger partial charge < -0.3 is 10.6 Å². The summed E-state index contributed by atoms with van der Waals surface area (Å²) in [5.41, 5.74) is 7.87. The van der Waals surface area contributed by atoms with Gasteiger partial charge in [-0.15, -0.1) is 0 Å². The Kier molecular flexibility index (Phi) is 2.48. The normalized spacial score (nSPS) is 20.4. The molecule has 0 saturated carbocycles. The van der Waals surface area contributed by atoms with Crippen molar-refractivity contribution in [2.24, 2.45) is 11.7 Å². The second kappa shape index (κ2) is 4.00. The molecule has 0 aromatic carbocycles. The highest BCUT2D eigenvalue weighted by Crippen LogP contribution is 2.24. The minimum Gasteiger partial charge on any atom is -0.356 e. The number of anilines is 1. The first kappa shape index (κ1) is 10.5. The fraction of sp³-hybridized carbons (Fsp3) is 0.500. The zero-order chi connectivity index (χ0) is 11.8. The molecule has 5 nitrogen and oxygen atoms in total. The molecule has 0 bridgehead atoms. The summed E-state index contributed by atoms with van der Waals surface area (Å²) in [6.07, 6.45) is 2.77. The highest BCUT2D eigenvalue weighted by molar-refractivity contribution is 5.53. The van der Waals surface area contributed by atoms with Gasteiger partial charge in [0.25, 0.3) is 0 Å². The van der Waals surface area contributed by atoms with E-state index in [4.69, 9.17) is 5.73 Å². The molecule has 0 radical (unpaired) electrons. The van der Waals surface area contributed by atoms with E-state index in [0.717, 1.165) is 31.1 Å². The van der Waals surface area contributed by atoms with Crippen molar-refractivity contribution in [2.75, 3.05) is 24.5 Å². The Balaban J connectivity index is 2.02. The number of rotatable bonds is 2. The van der Waals surface area contributed by atoms with E-state index in [1.165, 1.54) is 12.0 Å². The lowest BCUT2D eigenvalue weighted by atomic mass is 10.1. The van der Waals surface area contributed by atoms with Gasteiger partial charge >= 0.3 is 0 Å². The summed E-state index contributed by atoms with van der Waals surface area (Å²) >= 11 is 0. The van der Waals surface area contributed by atoms with Crippen LogP contribution in [0.3, 0.4) is 0 Å². The van der Waals surface area contributed by atoms with E-state index >= 15 is 0 Å². The summed E-state index contributed by atoms with van der Waals surface area (Å²) < 4.78 is 1.91. The van der Waals surface area contributed by atoms with Gasteiger partial charge in [0, 0.05) is 13.1 Å². The molecule has 0 amide bonds. The summed E-state index contributed by atoms with van der Waals surface area (Å²) in [7, 11) is 0. The number of hydrogen-bond acceptors (Lipinski definition) is 4. The predicted octanol–water partition coefficient (Wildman–Crippen LogP) is 0.823. The molecule has 0 spiro atoms. The molecule has 1 fully saturated rings. The van der Waals surface area contributed by atoms with Crippen LogP contribution < -0.4 is 10.6 Å². The monoisotopic (exact) mass is 231 g/mol. The third-order valence-corrected chi connectivity index (χ3v) is 3.45. The topological polar surface area (TPSA) is 59.5 Å². The lowest BCUT2D eigenvalue weighted by molar-refractivity contribution is 0.602. The van der Waals surface area contributed by atoms with Gasteiger partial charge in [-0.1, -0.05) is 0 Å². The second-order valence-corrected chi connectivity index (χ2v) is 4.76. The third-order valence-electron chi connectivity index (χ3n) is 3.45. The molecule has 1 unspecified atom stereocenters. The fourth-order valence-electron chi connectivity index (χ4n) is 2.49. The van der Waals surface area contributed by atoms with Crippen LogP contribution in [0.1, 0.15) is 12.0 Å². The van der Waals surface area contributed by atoms with Crippen LogP contribution >= 0.6 is 0 Å². The minimum absolute atomic E-state index is 0.606. The lowest BCUT2D eigenvalue weighted by Gasteiger charge is -2.19. The van der Waals surface area contributed by atoms with E-state index in [0.29, 0.717) is 5.92 Å². The van der Waals surface area contributed by atoms with Crippen LogP contribution in [0, 0.1) is 12.8 Å². The van der Waals surface area contributed by atoms with Gasteiger partial charge in [-0.2, -0.15) is 9.61 Å². The van der Waals surface area contributed by atoms with Crippen molar-refractivity contribution in [1.82, 2.24) is 14.6 Å². The number of fused-ring (bicyclic) bond motifs is 1. The van der Waals surface area contributed by atoms with Crippen molar-refractivity contribution >= 4 is 11.5 Å². The van der Waals surface area contributed by atoms with E-state index in [1.54, 1.807) is 6.33 Å². The van der Waals surface area contributed by atoms with Crippen LogP contribution in [-0.4, -0.2) is 34.2 Å². The molecule has 1 aliphatic rings. The smallest absolute Gasteiger partial charge is 0.157 e. The molecule has 90 valence electrons. The first-order valence-electron chi connectivity index (χ1n) is 6.03. The zero-order valence-electron chi connectivity index (χ0n) is 10.0. The Bertz CT molecular complexity index is 533. The molecule has 1 saturated heterocycles. The van der Waals surface area contributed by atoms with E-state index < -0.39 is 0 Å². The number of nitrogens with two attached hydrogens (primary N) is 1. The van der Waals surface area contributed by atoms with Gasteiger partial charge in [0.1, 0.15) is 12.1 Å². The highest BCUT2D eigenvalue weighted by atomic mass is 15.4. The first-order chi connectivity index (χ1) is 8.28. The minimum atomic E-state index is 0.606. The van der Waals surface area contributed by atoms with Crippen LogP contribution in [0.2, 0.25) is 0 Å². The number of aromatic nitrogens is 3. The zero-order valence-corrected chi connectivity index (χ0v) is 10.0. The largest absolute Gasteiger partial charge is 0.356 e. The van der Waals surface area contributed by atoms with Gasteiger partial charge in [0.2, 0.25) is 0 Å². The van der Waals surface area contributed by atoms with Gasteiger partial charge in [-0.3, -0.25) is 0 Å². The molecular weight excluding hydrogens is 214 g/mol. The molecule has 0 aliphatic carbocycles. The average molecular weight is 231 g/mol. The van der Waals surface area contributed by atoms with Gasteiger partial charge in [0.05, 0.1) is 0 Å². The predicted molar refractivity (Wildman–Crippen MR) is 67.1 cm³/mol. The van der Waals surface area contributed by atoms with Crippen molar-refractivity contribution in [1.29, 1.82) is 0 Å². The lowest BCUT2D eigenvalue weighted by Crippen LogP contribution is -2.24. The molecule has 1 aliphatic heterocycles. The quantitative estimate of drug-likeness (QED) is 0.831. The molecule has 5 heteroatoms. The Morgan fingerprint density at radius 2 is 2.35 bits per heavy atom. The third kappa shape index (κ3) is 1.76. The molecular formula is C12H17N5. The van der Waals surface area contributed by atoms with Crippen LogP contribution in [-0.2, 0) is 0 Å². The Labute approximate surface area is 100 Å². The summed E-state index contributed by atoms with van der Waals surface area (Å²) in [4.78, 5) is 6.60. The molecule has 2 aromatic rings. The number of hydrogen-bond donors (Lipinski definition) is 1. The summed E-state index contributed by atoms with van der Waals surface area (Å²) in [6.45, 7) is 4.94. The fourth-order valence-corrected chi connectivity index (χ4v) is 2.49. The van der Waals surface area contributed by atoms with Crippen LogP contribution in [0.4, 0.5) is 5.82 Å². The molecule has 2 N–H and O–H groups in total. The van der Waals surface area contributed by atoms with Crippen molar-refractivity contribution in [3.05, 3.63) is 24.0 Å². The summed E-state index contributed by atoms with van der Waals surface area (Å²) in [6, 6.07) is 4.22. The molecule has 1 atom stereocenters. The van der Waals surface area contributed by atoms with Crippen molar-refractivity contribution in [3.8, 4) is 0 Å². The van der Waals surface area contributed by atoms with Crippen molar-refractivity contribution in [2.45, 2.75) is 13.3 Å². The summed E-state index contributed by atoms with van der Waals surface area (Å²) in [5, 5.41) is 4.29.